The van der Waals surface area contributed by atoms with Gasteiger partial charge in [-0.05, 0) is 44.1 Å². The highest BCUT2D eigenvalue weighted by Crippen LogP contribution is 2.51. The largest absolute Gasteiger partial charge is 0.299 e. The Hall–Kier alpha value is -0.760. The second kappa shape index (κ2) is 5.32. The highest BCUT2D eigenvalue weighted by atomic mass is 32.2. The first-order chi connectivity index (χ1) is 9.17. The third-order valence-electron chi connectivity index (χ3n) is 4.41. The minimum atomic E-state index is 0.176. The van der Waals surface area contributed by atoms with E-state index < -0.39 is 0 Å². The Balaban J connectivity index is 1.61. The molecule has 2 aliphatic rings. The van der Waals surface area contributed by atoms with Crippen LogP contribution in [0.1, 0.15) is 44.6 Å². The average Bonchev–Trinajstić information content (AvgIpc) is 3.30. The van der Waals surface area contributed by atoms with Gasteiger partial charge < -0.3 is 0 Å². The molecule has 1 nitrogen and oxygen atoms in total. The third kappa shape index (κ3) is 3.42. The fourth-order valence-corrected chi connectivity index (χ4v) is 4.13. The van der Waals surface area contributed by atoms with E-state index in [1.807, 2.05) is 11.8 Å². The van der Waals surface area contributed by atoms with E-state index in [2.05, 4.69) is 37.3 Å². The lowest BCUT2D eigenvalue weighted by Crippen LogP contribution is -2.28. The number of ketones is 1. The lowest BCUT2D eigenvalue weighted by Gasteiger charge is -2.28. The first-order valence-corrected chi connectivity index (χ1v) is 8.36. The molecule has 1 aromatic rings. The maximum Gasteiger partial charge on any atom is 0.137 e. The monoisotopic (exact) mass is 274 g/mol. The van der Waals surface area contributed by atoms with Crippen LogP contribution in [-0.4, -0.2) is 10.5 Å². The van der Waals surface area contributed by atoms with Crippen LogP contribution in [-0.2, 0) is 10.5 Å². The second-order valence-corrected chi connectivity index (χ2v) is 7.79. The van der Waals surface area contributed by atoms with Gasteiger partial charge in [0.25, 0.3) is 0 Å². The van der Waals surface area contributed by atoms with Crippen LogP contribution in [0.4, 0.5) is 0 Å². The molecule has 2 aliphatic carbocycles. The van der Waals surface area contributed by atoms with Gasteiger partial charge in [-0.1, -0.05) is 30.3 Å². The van der Waals surface area contributed by atoms with Gasteiger partial charge >= 0.3 is 0 Å². The van der Waals surface area contributed by atoms with E-state index in [9.17, 15) is 4.79 Å². The van der Waals surface area contributed by atoms with Crippen molar-refractivity contribution < 1.29 is 4.79 Å². The Morgan fingerprint density at radius 1 is 1.21 bits per heavy atom. The molecule has 1 atom stereocenters. The zero-order chi connectivity index (χ0) is 13.3. The van der Waals surface area contributed by atoms with Crippen molar-refractivity contribution in [2.45, 2.75) is 49.5 Å². The van der Waals surface area contributed by atoms with Gasteiger partial charge in [0.2, 0.25) is 0 Å². The number of hydrogen-bond donors (Lipinski definition) is 0. The molecule has 1 aromatic carbocycles. The molecule has 0 aromatic heterocycles. The van der Waals surface area contributed by atoms with Gasteiger partial charge in [-0.15, -0.1) is 11.8 Å². The van der Waals surface area contributed by atoms with Gasteiger partial charge in [0.05, 0.1) is 0 Å². The predicted octanol–water partition coefficient (Wildman–Crippen LogP) is 4.46. The topological polar surface area (TPSA) is 17.1 Å². The molecule has 0 radical (unpaired) electrons. The van der Waals surface area contributed by atoms with Gasteiger partial charge in [0.15, 0.2) is 0 Å². The number of rotatable bonds is 7. The van der Waals surface area contributed by atoms with E-state index in [4.69, 9.17) is 0 Å². The standard InChI is InChI=1S/C17H22OS/c1-17(15-9-10-15,11-16(18)14-7-8-14)19-12-13-5-3-2-4-6-13/h2-6,14-15H,7-12H2,1H3/t17-/m0/s1. The molecule has 2 fully saturated rings. The summed E-state index contributed by atoms with van der Waals surface area (Å²) in [4.78, 5) is 12.2. The smallest absolute Gasteiger partial charge is 0.137 e. The number of hydrogen-bond acceptors (Lipinski definition) is 2. The van der Waals surface area contributed by atoms with E-state index in [0.717, 1.165) is 30.9 Å². The molecule has 19 heavy (non-hydrogen) atoms. The van der Waals surface area contributed by atoms with Crippen molar-refractivity contribution in [2.75, 3.05) is 0 Å². The maximum absolute atomic E-state index is 12.2. The maximum atomic E-state index is 12.2. The summed E-state index contributed by atoms with van der Waals surface area (Å²) in [6, 6.07) is 10.6. The molecule has 2 heteroatoms. The van der Waals surface area contributed by atoms with Crippen molar-refractivity contribution in [3.63, 3.8) is 0 Å². The summed E-state index contributed by atoms with van der Waals surface area (Å²) in [6.07, 6.45) is 5.71. The van der Waals surface area contributed by atoms with Crippen LogP contribution in [0.2, 0.25) is 0 Å². The van der Waals surface area contributed by atoms with Crippen LogP contribution < -0.4 is 0 Å². The van der Waals surface area contributed by atoms with Crippen molar-refractivity contribution in [1.82, 2.24) is 0 Å². The molecular formula is C17H22OS. The molecule has 0 N–H and O–H groups in total. The molecule has 0 saturated heterocycles. The zero-order valence-corrected chi connectivity index (χ0v) is 12.4. The summed E-state index contributed by atoms with van der Waals surface area (Å²) in [5.74, 6) is 2.74. The van der Waals surface area contributed by atoms with Crippen LogP contribution >= 0.6 is 11.8 Å². The predicted molar refractivity (Wildman–Crippen MR) is 81.2 cm³/mol. The molecule has 0 heterocycles. The summed E-state index contributed by atoms with van der Waals surface area (Å²) in [5, 5.41) is 0. The minimum absolute atomic E-state index is 0.176. The number of thioether (sulfide) groups is 1. The van der Waals surface area contributed by atoms with E-state index in [1.165, 1.54) is 18.4 Å². The molecule has 2 saturated carbocycles. The van der Waals surface area contributed by atoms with Crippen LogP contribution in [0.3, 0.4) is 0 Å². The van der Waals surface area contributed by atoms with E-state index >= 15 is 0 Å². The summed E-state index contributed by atoms with van der Waals surface area (Å²) < 4.78 is 0.176. The normalized spacial score (nSPS) is 21.9. The SMILES string of the molecule is C[C@@](CC(=O)C1CC1)(SCc1ccccc1)C1CC1. The van der Waals surface area contributed by atoms with Crippen molar-refractivity contribution in [2.24, 2.45) is 11.8 Å². The zero-order valence-electron chi connectivity index (χ0n) is 11.6. The molecule has 0 amide bonds. The van der Waals surface area contributed by atoms with Gasteiger partial charge in [-0.2, -0.15) is 0 Å². The van der Waals surface area contributed by atoms with Crippen LogP contribution in [0, 0.1) is 11.8 Å². The van der Waals surface area contributed by atoms with Gasteiger partial charge in [0, 0.05) is 22.8 Å². The van der Waals surface area contributed by atoms with Crippen molar-refractivity contribution in [1.29, 1.82) is 0 Å². The number of benzene rings is 1. The Labute approximate surface area is 120 Å². The van der Waals surface area contributed by atoms with E-state index in [0.29, 0.717) is 11.7 Å². The Morgan fingerprint density at radius 3 is 2.47 bits per heavy atom. The lowest BCUT2D eigenvalue weighted by atomic mass is 9.96. The third-order valence-corrected chi connectivity index (χ3v) is 6.03. The van der Waals surface area contributed by atoms with Crippen LogP contribution in [0.15, 0.2) is 30.3 Å². The molecule has 0 bridgehead atoms. The highest BCUT2D eigenvalue weighted by Gasteiger charge is 2.45. The van der Waals surface area contributed by atoms with Gasteiger partial charge in [0.1, 0.15) is 5.78 Å². The van der Waals surface area contributed by atoms with Crippen molar-refractivity contribution >= 4 is 17.5 Å². The summed E-state index contributed by atoms with van der Waals surface area (Å²) in [6.45, 7) is 2.32. The fraction of sp³-hybridized carbons (Fsp3) is 0.588. The number of Topliss-reactive ketones (excluding diaryl/α,β-unsaturated/α-hetero) is 1. The molecule has 0 unspecified atom stereocenters. The Bertz CT molecular complexity index is 448. The highest BCUT2D eigenvalue weighted by molar-refractivity contribution is 7.99. The summed E-state index contributed by atoms with van der Waals surface area (Å²) >= 11 is 2.00. The first-order valence-electron chi connectivity index (χ1n) is 7.38. The number of carbonyl (C=O) groups excluding carboxylic acids is 1. The molecule has 0 spiro atoms. The van der Waals surface area contributed by atoms with E-state index in [1.54, 1.807) is 0 Å². The molecule has 0 aliphatic heterocycles. The molecule has 102 valence electrons. The van der Waals surface area contributed by atoms with Crippen molar-refractivity contribution in [3.8, 4) is 0 Å². The summed E-state index contributed by atoms with van der Waals surface area (Å²) in [7, 11) is 0. The Kier molecular flexibility index (Phi) is 3.70. The van der Waals surface area contributed by atoms with Crippen molar-refractivity contribution in [3.05, 3.63) is 35.9 Å². The fourth-order valence-electron chi connectivity index (χ4n) is 2.73. The number of carbonyl (C=O) groups is 1. The Morgan fingerprint density at radius 2 is 1.89 bits per heavy atom. The summed E-state index contributed by atoms with van der Waals surface area (Å²) in [5.41, 5.74) is 1.37. The first kappa shape index (κ1) is 13.2. The lowest BCUT2D eigenvalue weighted by molar-refractivity contribution is -0.120. The van der Waals surface area contributed by atoms with Gasteiger partial charge in [-0.25, -0.2) is 0 Å². The quantitative estimate of drug-likeness (QED) is 0.730. The average molecular weight is 274 g/mol. The van der Waals surface area contributed by atoms with E-state index in [-0.39, 0.29) is 4.75 Å². The molecule has 3 rings (SSSR count). The van der Waals surface area contributed by atoms with Gasteiger partial charge in [-0.3, -0.25) is 4.79 Å². The van der Waals surface area contributed by atoms with Crippen LogP contribution in [0.25, 0.3) is 0 Å². The van der Waals surface area contributed by atoms with Crippen LogP contribution in [0.5, 0.6) is 0 Å². The minimum Gasteiger partial charge on any atom is -0.299 e. The second-order valence-electron chi connectivity index (χ2n) is 6.28. The molecular weight excluding hydrogens is 252 g/mol.